The summed E-state index contributed by atoms with van der Waals surface area (Å²) >= 11 is 5.97. The van der Waals surface area contributed by atoms with Crippen LogP contribution in [0.2, 0.25) is 0 Å². The second-order valence-electron chi connectivity index (χ2n) is 18.7. The highest BCUT2D eigenvalue weighted by molar-refractivity contribution is 9.09. The van der Waals surface area contributed by atoms with Gasteiger partial charge in [-0.3, -0.25) is 4.79 Å². The topological polar surface area (TPSA) is 317 Å². The van der Waals surface area contributed by atoms with Crippen molar-refractivity contribution < 1.29 is 40.7 Å². The lowest BCUT2D eigenvalue weighted by Gasteiger charge is -2.28. The predicted molar refractivity (Wildman–Crippen MR) is 303 cm³/mol. The number of nitrogens with two attached hydrogens (primary N) is 2. The summed E-state index contributed by atoms with van der Waals surface area (Å²) in [5.41, 5.74) is 13.9. The summed E-state index contributed by atoms with van der Waals surface area (Å²) in [5, 5.41) is 11.4. The third-order valence-corrected chi connectivity index (χ3v) is 18.0. The zero-order valence-corrected chi connectivity index (χ0v) is 48.9. The number of halogens is 1. The number of benzene rings is 2. The molecule has 2 amide bonds. The fourth-order valence-electron chi connectivity index (χ4n) is 8.33. The minimum Gasteiger partial charge on any atom is -0.447 e. The number of imidazole rings is 1. The number of Topliss-reactive ketones (excluding diaryl/α,β-unsaturated/α-hetero) is 1. The Morgan fingerprint density at radius 1 is 0.724 bits per heavy atom. The Labute approximate surface area is 462 Å². The molecule has 0 radical (unpaired) electrons. The van der Waals surface area contributed by atoms with E-state index >= 15 is 0 Å². The largest absolute Gasteiger partial charge is 0.447 e. The van der Waals surface area contributed by atoms with E-state index in [0.717, 1.165) is 76.8 Å². The summed E-state index contributed by atoms with van der Waals surface area (Å²) in [6, 6.07) is 10.3. The number of aryl methyl sites for hydroxylation is 1. The van der Waals surface area contributed by atoms with Crippen LogP contribution in [0.1, 0.15) is 127 Å². The minimum absolute atomic E-state index is 0.0851. The number of ether oxygens (including phenoxy) is 2. The van der Waals surface area contributed by atoms with Crippen LogP contribution in [0.15, 0.2) is 69.8 Å². The molecule has 416 valence electrons. The van der Waals surface area contributed by atoms with Gasteiger partial charge < -0.3 is 41.9 Å². The van der Waals surface area contributed by atoms with Gasteiger partial charge in [-0.05, 0) is 123 Å². The molecule has 2 aromatic carbocycles. The molecule has 0 atom stereocenters. The molecule has 26 heteroatoms. The molecule has 2 saturated carbocycles. The van der Waals surface area contributed by atoms with Gasteiger partial charge in [-0.1, -0.05) is 35.8 Å². The Morgan fingerprint density at radius 3 is 1.57 bits per heavy atom. The average molecular weight is 1190 g/mol. The second-order valence-corrected chi connectivity index (χ2v) is 24.9. The number of sulfonamides is 2. The van der Waals surface area contributed by atoms with Crippen molar-refractivity contribution >= 4 is 99.9 Å². The summed E-state index contributed by atoms with van der Waals surface area (Å²) < 4.78 is 67.5. The smallest absolute Gasteiger partial charge is 0.407 e. The number of guanidine groups is 1. The molecule has 21 nitrogen and oxygen atoms in total. The fourth-order valence-corrected chi connectivity index (χ4v) is 13.3. The van der Waals surface area contributed by atoms with E-state index in [2.05, 4.69) is 66.3 Å². The van der Waals surface area contributed by atoms with E-state index in [9.17, 15) is 31.2 Å². The Kier molecular flexibility index (Phi) is 23.2. The van der Waals surface area contributed by atoms with Crippen molar-refractivity contribution in [2.45, 2.75) is 153 Å². The van der Waals surface area contributed by atoms with Gasteiger partial charge in [0.05, 0.1) is 52.8 Å². The van der Waals surface area contributed by atoms with Gasteiger partial charge in [-0.25, -0.2) is 55.8 Å². The highest BCUT2D eigenvalue weighted by atomic mass is 79.9. The minimum atomic E-state index is -3.76. The monoisotopic (exact) mass is 1190 g/mol. The van der Waals surface area contributed by atoms with Gasteiger partial charge in [-0.2, -0.15) is 0 Å². The number of hydrogen-bond acceptors (Lipinski definition) is 16. The molecule has 2 fully saturated rings. The molecular weight excluding hydrogens is 1120 g/mol. The van der Waals surface area contributed by atoms with E-state index in [1.165, 1.54) is 35.7 Å². The first-order chi connectivity index (χ1) is 36.0. The van der Waals surface area contributed by atoms with Crippen molar-refractivity contribution in [2.75, 3.05) is 23.7 Å². The van der Waals surface area contributed by atoms with Crippen LogP contribution in [0.3, 0.4) is 0 Å². The third kappa shape index (κ3) is 18.6. The van der Waals surface area contributed by atoms with Crippen LogP contribution in [0.5, 0.6) is 0 Å². The number of nitrogens with zero attached hydrogens (tertiary/aromatic N) is 4. The number of carbonyl (C=O) groups excluding carboxylic acids is 3. The molecule has 5 aromatic rings. The number of hydrogen-bond donors (Lipinski definition) is 8. The van der Waals surface area contributed by atoms with E-state index in [0.29, 0.717) is 33.8 Å². The molecule has 0 unspecified atom stereocenters. The summed E-state index contributed by atoms with van der Waals surface area (Å²) in [4.78, 5) is 56.0. The number of alkyl halides is 1. The maximum absolute atomic E-state index is 13.1. The van der Waals surface area contributed by atoms with Gasteiger partial charge in [0.15, 0.2) is 5.96 Å². The summed E-state index contributed by atoms with van der Waals surface area (Å²) in [6.45, 7) is 14.7. The SMILES string of the molecule is CC(=O)CBr.CCNS(=O)(=O)c1cc(N=C(N)N)ccc1-c1cnc(C2CCC(NC(=O)OC(C)C)CC2)s1.CCNS(=O)(=O)c1cc(Nc2ncc(C)[nH]2)ccc1-c1cnc(C2CCC(NC(=O)OC(C)C)CC2)s1. The number of rotatable bonds is 18. The van der Waals surface area contributed by atoms with Crippen LogP contribution in [-0.4, -0.2) is 103 Å². The first kappa shape index (κ1) is 61.3. The van der Waals surface area contributed by atoms with E-state index in [-0.39, 0.29) is 82.9 Å². The lowest BCUT2D eigenvalue weighted by atomic mass is 9.86. The first-order valence-electron chi connectivity index (χ1n) is 25.1. The van der Waals surface area contributed by atoms with Gasteiger partial charge in [0, 0.05) is 78.1 Å². The maximum Gasteiger partial charge on any atom is 0.407 e. The molecule has 3 aromatic heterocycles. The number of anilines is 2. The van der Waals surface area contributed by atoms with Crippen LogP contribution < -0.4 is 36.9 Å². The van der Waals surface area contributed by atoms with Crippen molar-refractivity contribution in [3.63, 3.8) is 0 Å². The van der Waals surface area contributed by atoms with Crippen LogP contribution >= 0.6 is 38.6 Å². The molecule has 76 heavy (non-hydrogen) atoms. The maximum atomic E-state index is 13.1. The van der Waals surface area contributed by atoms with Crippen LogP contribution in [0.25, 0.3) is 20.9 Å². The van der Waals surface area contributed by atoms with Gasteiger partial charge in [0.25, 0.3) is 0 Å². The highest BCUT2D eigenvalue weighted by Gasteiger charge is 2.30. The number of carbonyl (C=O) groups is 3. The average Bonchev–Trinajstić information content (AvgIpc) is 4.15. The van der Waals surface area contributed by atoms with Gasteiger partial charge in [0.2, 0.25) is 26.0 Å². The van der Waals surface area contributed by atoms with E-state index < -0.39 is 20.0 Å². The Bertz CT molecular complexity index is 2980. The van der Waals surface area contributed by atoms with Crippen molar-refractivity contribution in [1.82, 2.24) is 40.0 Å². The molecule has 2 aliphatic rings. The molecule has 2 aliphatic carbocycles. The zero-order valence-electron chi connectivity index (χ0n) is 44.1. The van der Waals surface area contributed by atoms with Gasteiger partial charge in [-0.15, -0.1) is 22.7 Å². The van der Waals surface area contributed by atoms with E-state index in [1.807, 2.05) is 40.7 Å². The number of H-pyrrole nitrogens is 1. The summed E-state index contributed by atoms with van der Waals surface area (Å²) in [5.74, 6) is 1.09. The number of alkyl carbamates (subject to hydrolysis) is 2. The normalized spacial score (nSPS) is 17.6. The molecular formula is C50H71BrN12O9S4. The second kappa shape index (κ2) is 28.7. The van der Waals surface area contributed by atoms with E-state index in [4.69, 9.17) is 20.9 Å². The number of nitrogens with one attached hydrogen (secondary N) is 6. The van der Waals surface area contributed by atoms with Crippen molar-refractivity contribution in [1.29, 1.82) is 0 Å². The van der Waals surface area contributed by atoms with E-state index in [1.54, 1.807) is 56.7 Å². The molecule has 0 aliphatic heterocycles. The fraction of sp³-hybridized carbons (Fsp3) is 0.500. The zero-order chi connectivity index (χ0) is 55.7. The molecule has 3 heterocycles. The van der Waals surface area contributed by atoms with Gasteiger partial charge in [0.1, 0.15) is 5.78 Å². The summed E-state index contributed by atoms with van der Waals surface area (Å²) in [7, 11) is -7.50. The van der Waals surface area contributed by atoms with Crippen molar-refractivity contribution in [3.05, 3.63) is 70.7 Å². The van der Waals surface area contributed by atoms with Crippen LogP contribution in [-0.2, 0) is 34.3 Å². The molecule has 7 rings (SSSR count). The number of ketones is 1. The lowest BCUT2D eigenvalue weighted by Crippen LogP contribution is -2.38. The first-order valence-corrected chi connectivity index (χ1v) is 30.8. The number of aromatic nitrogens is 4. The predicted octanol–water partition coefficient (Wildman–Crippen LogP) is 9.19. The third-order valence-electron chi connectivity index (χ3n) is 11.7. The number of thiazole rings is 2. The van der Waals surface area contributed by atoms with Crippen molar-refractivity contribution in [3.8, 4) is 20.9 Å². The quantitative estimate of drug-likeness (QED) is 0.0230. The molecule has 0 saturated heterocycles. The Morgan fingerprint density at radius 2 is 1.17 bits per heavy atom. The standard InChI is InChI=1S/C25H34N6O4S2.C22H32N6O4S2.C3H5BrO/c1-5-28-37(33,34)22-12-19(30-24-27-13-16(4)29-24)10-11-20(22)21-14-26-23(36-21)17-6-8-18(9-7-17)31-25(32)35-15(2)3;1-4-26-34(30,31)19-11-16(27-21(23)24)9-10-17(19)18-12-25-20(33-18)14-5-7-15(8-6-14)28-22(29)32-13(2)3;1-3(5)2-4/h10-15,17-18,28H,5-9H2,1-4H3,(H,31,32)(H2,27,29,30);9-15,26H,4-8H2,1-3H3,(H,28,29)(H4,23,24,27);2H2,1H3. The number of aromatic amines is 1. The number of amides is 2. The van der Waals surface area contributed by atoms with Crippen LogP contribution in [0.4, 0.5) is 26.9 Å². The van der Waals surface area contributed by atoms with Gasteiger partial charge >= 0.3 is 12.2 Å². The summed E-state index contributed by atoms with van der Waals surface area (Å²) in [6.07, 6.45) is 11.0. The Balaban J connectivity index is 0.000000259. The lowest BCUT2D eigenvalue weighted by molar-refractivity contribution is -0.114. The van der Waals surface area contributed by atoms with Crippen molar-refractivity contribution in [2.24, 2.45) is 16.5 Å². The highest BCUT2D eigenvalue weighted by Crippen LogP contribution is 2.42. The Hall–Kier alpha value is -5.51. The molecule has 0 bridgehead atoms. The number of aliphatic imine (C=N–C) groups is 1. The molecule has 0 spiro atoms. The molecule has 10 N–H and O–H groups in total. The van der Waals surface area contributed by atoms with Crippen LogP contribution in [0, 0.1) is 6.92 Å².